The van der Waals surface area contributed by atoms with Crippen LogP contribution in [0, 0.1) is 0 Å². The predicted octanol–water partition coefficient (Wildman–Crippen LogP) is 3.40. The van der Waals surface area contributed by atoms with Gasteiger partial charge in [0.25, 0.3) is 5.91 Å². The SMILES string of the molecule is CCCNC(=O)c1cccc(NC(=O)CCc2ccccc2N)c1.Cl. The van der Waals surface area contributed by atoms with Crippen molar-refractivity contribution in [1.29, 1.82) is 0 Å². The molecule has 2 aromatic carbocycles. The summed E-state index contributed by atoms with van der Waals surface area (Å²) in [5, 5.41) is 5.64. The summed E-state index contributed by atoms with van der Waals surface area (Å²) in [6.07, 6.45) is 1.79. The lowest BCUT2D eigenvalue weighted by Crippen LogP contribution is -2.24. The number of rotatable bonds is 7. The Morgan fingerprint density at radius 2 is 1.84 bits per heavy atom. The van der Waals surface area contributed by atoms with E-state index in [4.69, 9.17) is 5.73 Å². The second-order valence-electron chi connectivity index (χ2n) is 5.58. The van der Waals surface area contributed by atoms with Gasteiger partial charge in [0.1, 0.15) is 0 Å². The number of hydrogen-bond donors (Lipinski definition) is 3. The van der Waals surface area contributed by atoms with E-state index in [0.29, 0.717) is 36.3 Å². The topological polar surface area (TPSA) is 84.2 Å². The van der Waals surface area contributed by atoms with E-state index in [0.717, 1.165) is 12.0 Å². The summed E-state index contributed by atoms with van der Waals surface area (Å²) in [5.41, 5.74) is 8.68. The quantitative estimate of drug-likeness (QED) is 0.661. The maximum Gasteiger partial charge on any atom is 0.251 e. The Morgan fingerprint density at radius 1 is 1.08 bits per heavy atom. The van der Waals surface area contributed by atoms with Crippen molar-refractivity contribution in [2.75, 3.05) is 17.6 Å². The minimum Gasteiger partial charge on any atom is -0.399 e. The molecule has 0 fully saturated rings. The van der Waals surface area contributed by atoms with Crippen molar-refractivity contribution >= 4 is 35.6 Å². The lowest BCUT2D eigenvalue weighted by atomic mass is 10.1. The molecule has 4 N–H and O–H groups in total. The molecule has 0 aliphatic heterocycles. The van der Waals surface area contributed by atoms with Crippen LogP contribution in [0.3, 0.4) is 0 Å². The zero-order valence-corrected chi connectivity index (χ0v) is 15.1. The van der Waals surface area contributed by atoms with Gasteiger partial charge in [0.15, 0.2) is 0 Å². The van der Waals surface area contributed by atoms with Gasteiger partial charge in [-0.1, -0.05) is 31.2 Å². The number of halogens is 1. The van der Waals surface area contributed by atoms with Crippen LogP contribution in [0.25, 0.3) is 0 Å². The number of carbonyl (C=O) groups is 2. The van der Waals surface area contributed by atoms with Crippen molar-refractivity contribution in [1.82, 2.24) is 5.32 Å². The summed E-state index contributed by atoms with van der Waals surface area (Å²) in [7, 11) is 0. The van der Waals surface area contributed by atoms with E-state index in [1.54, 1.807) is 24.3 Å². The summed E-state index contributed by atoms with van der Waals surface area (Å²) in [6, 6.07) is 14.4. The first kappa shape index (κ1) is 20.5. The number of nitrogens with one attached hydrogen (secondary N) is 2. The number of nitrogen functional groups attached to an aromatic ring is 1. The highest BCUT2D eigenvalue weighted by molar-refractivity contribution is 5.97. The van der Waals surface area contributed by atoms with Crippen molar-refractivity contribution in [2.24, 2.45) is 0 Å². The molecule has 0 aromatic heterocycles. The minimum atomic E-state index is -0.134. The summed E-state index contributed by atoms with van der Waals surface area (Å²) < 4.78 is 0. The van der Waals surface area contributed by atoms with Crippen LogP contribution in [0.1, 0.15) is 35.7 Å². The molecule has 0 saturated heterocycles. The van der Waals surface area contributed by atoms with Crippen LogP contribution >= 0.6 is 12.4 Å². The van der Waals surface area contributed by atoms with Crippen molar-refractivity contribution < 1.29 is 9.59 Å². The fourth-order valence-corrected chi connectivity index (χ4v) is 2.31. The Bertz CT molecular complexity index is 719. The predicted molar refractivity (Wildman–Crippen MR) is 104 cm³/mol. The Kier molecular flexibility index (Phi) is 8.50. The van der Waals surface area contributed by atoms with E-state index in [9.17, 15) is 9.59 Å². The van der Waals surface area contributed by atoms with E-state index >= 15 is 0 Å². The van der Waals surface area contributed by atoms with Crippen molar-refractivity contribution in [2.45, 2.75) is 26.2 Å². The molecule has 0 bridgehead atoms. The molecule has 5 nitrogen and oxygen atoms in total. The van der Waals surface area contributed by atoms with Crippen LogP contribution in [-0.2, 0) is 11.2 Å². The molecule has 0 saturated carbocycles. The molecule has 0 aliphatic carbocycles. The zero-order valence-electron chi connectivity index (χ0n) is 14.2. The molecule has 0 unspecified atom stereocenters. The molecule has 2 aromatic rings. The molecule has 0 radical (unpaired) electrons. The van der Waals surface area contributed by atoms with Crippen LogP contribution < -0.4 is 16.4 Å². The normalized spacial score (nSPS) is 9.80. The van der Waals surface area contributed by atoms with Crippen LogP contribution in [0.4, 0.5) is 11.4 Å². The summed E-state index contributed by atoms with van der Waals surface area (Å²) in [4.78, 5) is 24.0. The Balaban J connectivity index is 0.00000312. The molecule has 0 heterocycles. The third-order valence-electron chi connectivity index (χ3n) is 3.62. The first-order valence-corrected chi connectivity index (χ1v) is 8.11. The molecule has 2 rings (SSSR count). The van der Waals surface area contributed by atoms with Gasteiger partial charge < -0.3 is 16.4 Å². The smallest absolute Gasteiger partial charge is 0.251 e. The van der Waals surface area contributed by atoms with E-state index in [1.165, 1.54) is 0 Å². The standard InChI is InChI=1S/C19H23N3O2.ClH/c1-2-12-21-19(24)15-7-5-8-16(13-15)22-18(23)11-10-14-6-3-4-9-17(14)20;/h3-9,13H,2,10-12,20H2,1H3,(H,21,24)(H,22,23);1H. The number of amides is 2. The molecule has 25 heavy (non-hydrogen) atoms. The second kappa shape index (κ2) is 10.4. The summed E-state index contributed by atoms with van der Waals surface area (Å²) >= 11 is 0. The maximum absolute atomic E-state index is 12.1. The van der Waals surface area contributed by atoms with Crippen LogP contribution in [0.15, 0.2) is 48.5 Å². The lowest BCUT2D eigenvalue weighted by molar-refractivity contribution is -0.116. The van der Waals surface area contributed by atoms with E-state index < -0.39 is 0 Å². The van der Waals surface area contributed by atoms with Crippen LogP contribution in [-0.4, -0.2) is 18.4 Å². The first-order chi connectivity index (χ1) is 11.6. The summed E-state index contributed by atoms with van der Waals surface area (Å²) in [5.74, 6) is -0.241. The van der Waals surface area contributed by atoms with Crippen molar-refractivity contribution in [3.63, 3.8) is 0 Å². The van der Waals surface area contributed by atoms with E-state index in [-0.39, 0.29) is 24.2 Å². The third kappa shape index (κ3) is 6.47. The Labute approximate surface area is 154 Å². The number of benzene rings is 2. The van der Waals surface area contributed by atoms with Gasteiger partial charge >= 0.3 is 0 Å². The fourth-order valence-electron chi connectivity index (χ4n) is 2.31. The van der Waals surface area contributed by atoms with Gasteiger partial charge in [-0.3, -0.25) is 9.59 Å². The average molecular weight is 362 g/mol. The molecule has 6 heteroatoms. The van der Waals surface area contributed by atoms with Gasteiger partial charge in [0, 0.05) is 29.9 Å². The largest absolute Gasteiger partial charge is 0.399 e. The number of anilines is 2. The third-order valence-corrected chi connectivity index (χ3v) is 3.62. The van der Waals surface area contributed by atoms with Gasteiger partial charge in [-0.05, 0) is 42.7 Å². The van der Waals surface area contributed by atoms with Gasteiger partial charge in [-0.2, -0.15) is 0 Å². The molecule has 134 valence electrons. The monoisotopic (exact) mass is 361 g/mol. The Hall–Kier alpha value is -2.53. The summed E-state index contributed by atoms with van der Waals surface area (Å²) in [6.45, 7) is 2.63. The second-order valence-corrected chi connectivity index (χ2v) is 5.58. The van der Waals surface area contributed by atoms with Gasteiger partial charge in [0.05, 0.1) is 0 Å². The molecule has 2 amide bonds. The zero-order chi connectivity index (χ0) is 17.4. The highest BCUT2D eigenvalue weighted by atomic mass is 35.5. The Morgan fingerprint density at radius 3 is 2.56 bits per heavy atom. The van der Waals surface area contributed by atoms with E-state index in [1.807, 2.05) is 31.2 Å². The molecule has 0 spiro atoms. The van der Waals surface area contributed by atoms with Crippen molar-refractivity contribution in [3.8, 4) is 0 Å². The van der Waals surface area contributed by atoms with Gasteiger partial charge in [0.2, 0.25) is 5.91 Å². The van der Waals surface area contributed by atoms with Crippen LogP contribution in [0.5, 0.6) is 0 Å². The number of hydrogen-bond acceptors (Lipinski definition) is 3. The molecule has 0 aliphatic rings. The number of carbonyl (C=O) groups excluding carboxylic acids is 2. The number of para-hydroxylation sites is 1. The number of nitrogens with two attached hydrogens (primary N) is 1. The average Bonchev–Trinajstić information content (AvgIpc) is 2.59. The van der Waals surface area contributed by atoms with Crippen LogP contribution in [0.2, 0.25) is 0 Å². The molecular formula is C19H24ClN3O2. The maximum atomic E-state index is 12.1. The number of aryl methyl sites for hydroxylation is 1. The fraction of sp³-hybridized carbons (Fsp3) is 0.263. The van der Waals surface area contributed by atoms with E-state index in [2.05, 4.69) is 10.6 Å². The highest BCUT2D eigenvalue weighted by Gasteiger charge is 2.08. The molecule has 0 atom stereocenters. The lowest BCUT2D eigenvalue weighted by Gasteiger charge is -2.09. The van der Waals surface area contributed by atoms with Gasteiger partial charge in [-0.15, -0.1) is 12.4 Å². The first-order valence-electron chi connectivity index (χ1n) is 8.11. The van der Waals surface area contributed by atoms with Gasteiger partial charge in [-0.25, -0.2) is 0 Å². The molecular weight excluding hydrogens is 338 g/mol. The van der Waals surface area contributed by atoms with Crippen molar-refractivity contribution in [3.05, 3.63) is 59.7 Å². The highest BCUT2D eigenvalue weighted by Crippen LogP contribution is 2.14. The minimum absolute atomic E-state index is 0.